The van der Waals surface area contributed by atoms with Crippen LogP contribution in [0.1, 0.15) is 26.8 Å². The van der Waals surface area contributed by atoms with E-state index in [0.29, 0.717) is 40.4 Å². The molecule has 0 aromatic carbocycles. The number of hydrogen-bond donors (Lipinski definition) is 0. The highest BCUT2D eigenvalue weighted by atomic mass is 32.1. The Balaban J connectivity index is 1.56. The maximum atomic E-state index is 12.8. The van der Waals surface area contributed by atoms with E-state index in [1.807, 2.05) is 0 Å². The Morgan fingerprint density at radius 3 is 2.50 bits per heavy atom. The van der Waals surface area contributed by atoms with Gasteiger partial charge < -0.3 is 4.90 Å². The van der Waals surface area contributed by atoms with E-state index in [-0.39, 0.29) is 24.9 Å². The van der Waals surface area contributed by atoms with Crippen molar-refractivity contribution in [1.29, 1.82) is 0 Å². The highest BCUT2D eigenvalue weighted by Gasteiger charge is 2.33. The Bertz CT molecular complexity index is 1190. The van der Waals surface area contributed by atoms with Gasteiger partial charge in [-0.15, -0.1) is 11.3 Å². The Morgan fingerprint density at radius 2 is 1.88 bits per heavy atom. The number of fused-ring (bicyclic) bond motifs is 1. The van der Waals surface area contributed by atoms with E-state index in [1.165, 1.54) is 19.2 Å². The third-order valence-corrected chi connectivity index (χ3v) is 6.09. The minimum absolute atomic E-state index is 0.0498. The molecule has 3 aromatic heterocycles. The van der Waals surface area contributed by atoms with Crippen LogP contribution in [0.4, 0.5) is 32.3 Å². The second kappa shape index (κ2) is 7.90. The Labute approximate surface area is 180 Å². The second-order valence-corrected chi connectivity index (χ2v) is 8.43. The van der Waals surface area contributed by atoms with Crippen LogP contribution in [0.5, 0.6) is 0 Å². The zero-order valence-corrected chi connectivity index (χ0v) is 17.4. The molecule has 0 spiro atoms. The van der Waals surface area contributed by atoms with E-state index in [0.717, 1.165) is 15.3 Å². The van der Waals surface area contributed by atoms with Gasteiger partial charge in [0.05, 0.1) is 25.0 Å². The van der Waals surface area contributed by atoms with Crippen molar-refractivity contribution in [2.24, 2.45) is 0 Å². The van der Waals surface area contributed by atoms with E-state index in [1.54, 1.807) is 4.90 Å². The predicted molar refractivity (Wildman–Crippen MR) is 102 cm³/mol. The fraction of sp³-hybridized carbons (Fsp3) is 0.444. The summed E-state index contributed by atoms with van der Waals surface area (Å²) in [6, 6.07) is 2.24. The number of alkyl halides is 6. The van der Waals surface area contributed by atoms with Gasteiger partial charge in [0.1, 0.15) is 17.2 Å². The van der Waals surface area contributed by atoms with Crippen molar-refractivity contribution in [2.75, 3.05) is 11.4 Å². The lowest BCUT2D eigenvalue weighted by atomic mass is 10.1. The Morgan fingerprint density at radius 1 is 1.12 bits per heavy atom. The van der Waals surface area contributed by atoms with Crippen LogP contribution in [0.15, 0.2) is 23.1 Å². The number of aromatic nitrogens is 5. The van der Waals surface area contributed by atoms with Crippen LogP contribution in [0, 0.1) is 6.92 Å². The van der Waals surface area contributed by atoms with Gasteiger partial charge in [0.25, 0.3) is 0 Å². The minimum atomic E-state index is -4.46. The maximum absolute atomic E-state index is 12.8. The molecule has 0 N–H and O–H groups in total. The first kappa shape index (κ1) is 22.3. The fourth-order valence-electron chi connectivity index (χ4n) is 3.44. The first-order chi connectivity index (χ1) is 14.9. The number of halogens is 6. The first-order valence-corrected chi connectivity index (χ1v) is 10.2. The summed E-state index contributed by atoms with van der Waals surface area (Å²) >= 11 is 0.531. The van der Waals surface area contributed by atoms with Crippen LogP contribution >= 0.6 is 11.3 Å². The maximum Gasteiger partial charge on any atom is 0.425 e. The highest BCUT2D eigenvalue weighted by molar-refractivity contribution is 7.12. The van der Waals surface area contributed by atoms with Crippen LogP contribution < -0.4 is 10.6 Å². The average Bonchev–Trinajstić information content (AvgIpc) is 3.30. The van der Waals surface area contributed by atoms with Crippen molar-refractivity contribution in [3.8, 4) is 0 Å². The molecule has 7 nitrogen and oxygen atoms in total. The SMILES string of the molecule is Cc1nc(N2CCc3cnn(CC(F)(F)F)c3C2)nc(=O)n1Cc1ccc(C(F)(F)F)s1. The lowest BCUT2D eigenvalue weighted by molar-refractivity contribution is -0.143. The number of nitrogens with zero attached hydrogens (tertiary/aromatic N) is 6. The fourth-order valence-corrected chi connectivity index (χ4v) is 4.31. The number of anilines is 1. The van der Waals surface area contributed by atoms with Gasteiger partial charge in [0, 0.05) is 11.4 Å². The summed E-state index contributed by atoms with van der Waals surface area (Å²) in [4.78, 5) is 21.9. The summed E-state index contributed by atoms with van der Waals surface area (Å²) in [5.74, 6) is 0.285. The predicted octanol–water partition coefficient (Wildman–Crippen LogP) is 3.40. The molecular weight excluding hydrogens is 462 g/mol. The Kier molecular flexibility index (Phi) is 5.51. The lowest BCUT2D eigenvalue weighted by Gasteiger charge is -2.28. The standard InChI is InChI=1S/C18H16F6N6OS/c1-10-26-15(27-16(31)29(10)7-12-2-3-14(32-12)18(22,23)24)28-5-4-11-6-25-30(13(11)8-28)9-17(19,20)21/h2-3,6H,4-5,7-9H2,1H3. The van der Waals surface area contributed by atoms with Crippen LogP contribution in [-0.2, 0) is 32.2 Å². The molecule has 0 amide bonds. The number of rotatable bonds is 4. The monoisotopic (exact) mass is 478 g/mol. The molecule has 0 unspecified atom stereocenters. The van der Waals surface area contributed by atoms with Gasteiger partial charge in [-0.3, -0.25) is 9.25 Å². The van der Waals surface area contributed by atoms with Crippen molar-refractivity contribution in [3.63, 3.8) is 0 Å². The van der Waals surface area contributed by atoms with Gasteiger partial charge in [-0.25, -0.2) is 4.79 Å². The van der Waals surface area contributed by atoms with Crippen LogP contribution in [0.25, 0.3) is 0 Å². The molecule has 1 aliphatic rings. The molecule has 0 bridgehead atoms. The molecule has 0 saturated carbocycles. The normalized spacial score (nSPS) is 14.7. The molecule has 4 heterocycles. The van der Waals surface area contributed by atoms with E-state index >= 15 is 0 Å². The average molecular weight is 478 g/mol. The van der Waals surface area contributed by atoms with Crippen LogP contribution in [-0.4, -0.2) is 37.0 Å². The van der Waals surface area contributed by atoms with Gasteiger partial charge in [0.15, 0.2) is 0 Å². The molecule has 1 aliphatic heterocycles. The van der Waals surface area contributed by atoms with E-state index in [9.17, 15) is 31.1 Å². The quantitative estimate of drug-likeness (QED) is 0.538. The van der Waals surface area contributed by atoms with Gasteiger partial charge in [-0.2, -0.15) is 41.4 Å². The number of hydrogen-bond acceptors (Lipinski definition) is 6. The Hall–Kier alpha value is -2.90. The molecule has 32 heavy (non-hydrogen) atoms. The molecule has 172 valence electrons. The van der Waals surface area contributed by atoms with E-state index < -0.39 is 29.5 Å². The van der Waals surface area contributed by atoms with Crippen molar-refractivity contribution in [1.82, 2.24) is 24.3 Å². The molecule has 0 radical (unpaired) electrons. The number of aryl methyl sites for hydroxylation is 1. The second-order valence-electron chi connectivity index (χ2n) is 7.26. The summed E-state index contributed by atoms with van der Waals surface area (Å²) in [6.45, 7) is 0.613. The van der Waals surface area contributed by atoms with E-state index in [2.05, 4.69) is 15.1 Å². The lowest BCUT2D eigenvalue weighted by Crippen LogP contribution is -2.37. The van der Waals surface area contributed by atoms with Gasteiger partial charge >= 0.3 is 18.0 Å². The zero-order valence-electron chi connectivity index (χ0n) is 16.5. The third kappa shape index (κ3) is 4.64. The van der Waals surface area contributed by atoms with Crippen LogP contribution in [0.3, 0.4) is 0 Å². The van der Waals surface area contributed by atoms with Gasteiger partial charge in [-0.05, 0) is 31.0 Å². The third-order valence-electron chi connectivity index (χ3n) is 4.97. The topological polar surface area (TPSA) is 68.8 Å². The summed E-state index contributed by atoms with van der Waals surface area (Å²) in [6.07, 6.45) is -7.08. The van der Waals surface area contributed by atoms with Crippen molar-refractivity contribution >= 4 is 17.3 Å². The summed E-state index contributed by atoms with van der Waals surface area (Å²) in [7, 11) is 0. The molecule has 0 atom stereocenters. The zero-order chi connectivity index (χ0) is 23.3. The molecule has 0 fully saturated rings. The van der Waals surface area contributed by atoms with E-state index in [4.69, 9.17) is 0 Å². The molecule has 0 saturated heterocycles. The van der Waals surface area contributed by atoms with Crippen LogP contribution in [0.2, 0.25) is 0 Å². The molecule has 4 rings (SSSR count). The molecule has 14 heteroatoms. The van der Waals surface area contributed by atoms with Gasteiger partial charge in [-0.1, -0.05) is 0 Å². The minimum Gasteiger partial charge on any atom is -0.334 e. The molecular formula is C18H16F6N6OS. The number of thiophene rings is 1. The molecule has 3 aromatic rings. The molecule has 0 aliphatic carbocycles. The smallest absolute Gasteiger partial charge is 0.334 e. The largest absolute Gasteiger partial charge is 0.425 e. The summed E-state index contributed by atoms with van der Waals surface area (Å²) in [5.41, 5.74) is 0.357. The van der Waals surface area contributed by atoms with Crippen molar-refractivity contribution in [2.45, 2.75) is 45.3 Å². The first-order valence-electron chi connectivity index (χ1n) is 9.37. The summed E-state index contributed by atoms with van der Waals surface area (Å²) in [5, 5.41) is 3.81. The highest BCUT2D eigenvalue weighted by Crippen LogP contribution is 2.34. The van der Waals surface area contributed by atoms with Gasteiger partial charge in [0.2, 0.25) is 5.95 Å². The van der Waals surface area contributed by atoms with Crippen molar-refractivity contribution < 1.29 is 26.3 Å². The van der Waals surface area contributed by atoms with Crippen molar-refractivity contribution in [3.05, 3.63) is 55.6 Å². The summed E-state index contributed by atoms with van der Waals surface area (Å²) < 4.78 is 78.8.